The van der Waals surface area contributed by atoms with Crippen LogP contribution in [0.1, 0.15) is 155 Å². The van der Waals surface area contributed by atoms with Crippen LogP contribution in [0, 0.1) is 0 Å². The average molecular weight is 1020 g/mol. The molecule has 72 heavy (non-hydrogen) atoms. The van der Waals surface area contributed by atoms with Crippen LogP contribution in [0.2, 0.25) is 0 Å². The van der Waals surface area contributed by atoms with E-state index >= 15 is 0 Å². The molecule has 0 fully saturated rings. The molecule has 2 unspecified atom stereocenters. The molecule has 0 radical (unpaired) electrons. The summed E-state index contributed by atoms with van der Waals surface area (Å²) in [4.78, 5) is 35.5. The lowest BCUT2D eigenvalue weighted by Crippen LogP contribution is -2.37. The molecule has 9 nitrogen and oxygen atoms in total. The predicted octanol–water partition coefficient (Wildman–Crippen LogP) is 16.7. The summed E-state index contributed by atoms with van der Waals surface area (Å²) in [7, 11) is 1.39. The van der Waals surface area contributed by atoms with Crippen LogP contribution in [-0.2, 0) is 32.7 Å². The molecular formula is C62H97NO8P+. The van der Waals surface area contributed by atoms with Crippen molar-refractivity contribution in [2.24, 2.45) is 0 Å². The van der Waals surface area contributed by atoms with Crippen LogP contribution >= 0.6 is 7.82 Å². The van der Waals surface area contributed by atoms with Crippen LogP contribution in [0.5, 0.6) is 0 Å². The Bertz CT molecular complexity index is 1810. The van der Waals surface area contributed by atoms with Crippen LogP contribution in [0.3, 0.4) is 0 Å². The van der Waals surface area contributed by atoms with E-state index < -0.39 is 32.5 Å². The second kappa shape index (κ2) is 51.3. The minimum absolute atomic E-state index is 0.00541. The first-order chi connectivity index (χ1) is 35.0. The lowest BCUT2D eigenvalue weighted by atomic mass is 10.1. The molecule has 1 N–H and O–H groups in total. The van der Waals surface area contributed by atoms with Crippen LogP contribution < -0.4 is 0 Å². The lowest BCUT2D eigenvalue weighted by molar-refractivity contribution is -0.870. The highest BCUT2D eigenvalue weighted by atomic mass is 31.2. The van der Waals surface area contributed by atoms with Gasteiger partial charge in [-0.2, -0.15) is 0 Å². The maximum absolute atomic E-state index is 12.8. The fraction of sp³-hybridized carbons (Fsp3) is 0.516. The average Bonchev–Trinajstić information content (AvgIpc) is 3.34. The number of likely N-dealkylation sites (N-methyl/N-ethyl adjacent to an activating group) is 1. The standard InChI is InChI=1S/C62H96NO8P/c1-6-8-10-12-14-16-18-20-22-23-24-25-26-27-28-29-30-31-32-33-34-35-36-37-38-39-41-43-45-47-49-51-53-55-62(65)71-60(59-70-72(66,67)69-57-56-63(3,4)5)58-68-61(64)54-52-50-48-46-44-42-40-21-19-17-15-13-11-9-7-2/h8-11,14-17,20-22,24-25,27-28,30-31,33-34,36-37,39-41,44-47,60H,6-7,12-13,18-19,23,26,29,32,35,38,42-43,48-59H2,1-5H3/p+1/b10-8-,11-9-,16-14-,17-15-,22-20-,25-24-,28-27-,31-30-,34-33-,37-36-,40-21-,41-39-,46-44-,47-45-. The SMILES string of the molecule is CC/C=C\C/C=C\C/C=C\C/C=C\C/C=C\C/C=C\C/C=C\C/C=C\C/C=C\C/C=C\CCCCC(=O)OC(COC(=O)CCCC/C=C\C/C=C\C/C=C\C/C=C\CC)COP(=O)(O)OCC[N+](C)(C)C. The molecule has 0 aromatic carbocycles. The van der Waals surface area contributed by atoms with Gasteiger partial charge in [0, 0.05) is 12.8 Å². The lowest BCUT2D eigenvalue weighted by Gasteiger charge is -2.24. The third-order valence-electron chi connectivity index (χ3n) is 10.2. The van der Waals surface area contributed by atoms with Gasteiger partial charge in [0.1, 0.15) is 19.8 Å². The number of esters is 2. The first-order valence-corrected chi connectivity index (χ1v) is 28.4. The van der Waals surface area contributed by atoms with E-state index in [1.165, 1.54) is 0 Å². The minimum Gasteiger partial charge on any atom is -0.462 e. The van der Waals surface area contributed by atoms with Gasteiger partial charge in [0.15, 0.2) is 6.10 Å². The third-order valence-corrected chi connectivity index (χ3v) is 11.2. The van der Waals surface area contributed by atoms with Gasteiger partial charge >= 0.3 is 19.8 Å². The quantitative estimate of drug-likeness (QED) is 0.0211. The minimum atomic E-state index is -4.42. The molecule has 0 saturated heterocycles. The monoisotopic (exact) mass is 1010 g/mol. The van der Waals surface area contributed by atoms with Crippen molar-refractivity contribution < 1.29 is 42.1 Å². The van der Waals surface area contributed by atoms with Gasteiger partial charge in [0.05, 0.1) is 27.7 Å². The van der Waals surface area contributed by atoms with Gasteiger partial charge in [-0.3, -0.25) is 18.6 Å². The van der Waals surface area contributed by atoms with Crippen molar-refractivity contribution in [2.45, 2.75) is 161 Å². The highest BCUT2D eigenvalue weighted by Gasteiger charge is 2.27. The molecular weight excluding hydrogens is 918 g/mol. The maximum Gasteiger partial charge on any atom is 0.472 e. The summed E-state index contributed by atoms with van der Waals surface area (Å²) >= 11 is 0. The van der Waals surface area contributed by atoms with E-state index in [2.05, 4.69) is 184 Å². The maximum atomic E-state index is 12.8. The van der Waals surface area contributed by atoms with E-state index in [-0.39, 0.29) is 26.1 Å². The van der Waals surface area contributed by atoms with E-state index in [9.17, 15) is 19.0 Å². The van der Waals surface area contributed by atoms with E-state index in [0.29, 0.717) is 23.9 Å². The zero-order valence-electron chi connectivity index (χ0n) is 45.3. The van der Waals surface area contributed by atoms with Gasteiger partial charge in [0.2, 0.25) is 0 Å². The van der Waals surface area contributed by atoms with Crippen molar-refractivity contribution in [1.82, 2.24) is 0 Å². The highest BCUT2D eigenvalue weighted by Crippen LogP contribution is 2.43. The topological polar surface area (TPSA) is 108 Å². The summed E-state index contributed by atoms with van der Waals surface area (Å²) in [6.07, 6.45) is 78.6. The number of nitrogens with zero attached hydrogens (tertiary/aromatic N) is 1. The molecule has 10 heteroatoms. The summed E-state index contributed by atoms with van der Waals surface area (Å²) in [5, 5.41) is 0. The second-order valence-electron chi connectivity index (χ2n) is 18.1. The Morgan fingerprint density at radius 1 is 0.431 bits per heavy atom. The molecule has 0 amide bonds. The molecule has 0 heterocycles. The first-order valence-electron chi connectivity index (χ1n) is 26.9. The number of phosphoric ester groups is 1. The number of phosphoric acid groups is 1. The molecule has 0 aliphatic carbocycles. The Morgan fingerprint density at radius 3 is 1.06 bits per heavy atom. The Labute approximate surface area is 438 Å². The van der Waals surface area contributed by atoms with Crippen molar-refractivity contribution in [3.05, 3.63) is 170 Å². The number of ether oxygens (including phenoxy) is 2. The second-order valence-corrected chi connectivity index (χ2v) is 19.6. The van der Waals surface area contributed by atoms with Gasteiger partial charge in [0.25, 0.3) is 0 Å². The molecule has 0 aliphatic heterocycles. The van der Waals surface area contributed by atoms with Crippen molar-refractivity contribution >= 4 is 19.8 Å². The number of hydrogen-bond donors (Lipinski definition) is 1. The summed E-state index contributed by atoms with van der Waals surface area (Å²) in [6, 6.07) is 0. The summed E-state index contributed by atoms with van der Waals surface area (Å²) in [5.74, 6) is -0.918. The number of carbonyl (C=O) groups excluding carboxylic acids is 2. The fourth-order valence-corrected chi connectivity index (χ4v) is 6.89. The fourth-order valence-electron chi connectivity index (χ4n) is 6.15. The first kappa shape index (κ1) is 67.4. The zero-order chi connectivity index (χ0) is 52.7. The summed E-state index contributed by atoms with van der Waals surface area (Å²) in [5.41, 5.74) is 0. The van der Waals surface area contributed by atoms with Crippen molar-refractivity contribution in [3.63, 3.8) is 0 Å². The Balaban J connectivity index is 4.37. The van der Waals surface area contributed by atoms with E-state index in [4.69, 9.17) is 18.5 Å². The smallest absolute Gasteiger partial charge is 0.462 e. The van der Waals surface area contributed by atoms with Crippen LogP contribution in [0.25, 0.3) is 0 Å². The molecule has 0 aromatic rings. The number of unbranched alkanes of at least 4 members (excludes halogenated alkanes) is 4. The van der Waals surface area contributed by atoms with Gasteiger partial charge < -0.3 is 18.9 Å². The van der Waals surface area contributed by atoms with Crippen LogP contribution in [0.4, 0.5) is 0 Å². The molecule has 0 aliphatic rings. The van der Waals surface area contributed by atoms with Crippen molar-refractivity contribution in [1.29, 1.82) is 0 Å². The Hall–Kier alpha value is -4.63. The van der Waals surface area contributed by atoms with Gasteiger partial charge in [-0.25, -0.2) is 4.57 Å². The number of rotatable bonds is 46. The van der Waals surface area contributed by atoms with E-state index in [0.717, 1.165) is 116 Å². The molecule has 0 bridgehead atoms. The predicted molar refractivity (Wildman–Crippen MR) is 306 cm³/mol. The summed E-state index contributed by atoms with van der Waals surface area (Å²) < 4.78 is 34.3. The highest BCUT2D eigenvalue weighted by molar-refractivity contribution is 7.47. The number of quaternary nitrogens is 1. The van der Waals surface area contributed by atoms with Crippen molar-refractivity contribution in [2.75, 3.05) is 47.5 Å². The molecule has 0 aromatic heterocycles. The van der Waals surface area contributed by atoms with E-state index in [1.54, 1.807) is 0 Å². The molecule has 2 atom stereocenters. The largest absolute Gasteiger partial charge is 0.472 e. The number of hydrogen-bond acceptors (Lipinski definition) is 7. The van der Waals surface area contributed by atoms with Gasteiger partial charge in [-0.15, -0.1) is 0 Å². The van der Waals surface area contributed by atoms with Crippen LogP contribution in [-0.4, -0.2) is 74.9 Å². The third kappa shape index (κ3) is 54.7. The molecule has 402 valence electrons. The van der Waals surface area contributed by atoms with Gasteiger partial charge in [-0.05, 0) is 128 Å². The normalized spacial score (nSPS) is 14.7. The Morgan fingerprint density at radius 2 is 0.736 bits per heavy atom. The zero-order valence-corrected chi connectivity index (χ0v) is 46.2. The summed E-state index contributed by atoms with van der Waals surface area (Å²) in [6.45, 7) is 4.05. The van der Waals surface area contributed by atoms with Crippen molar-refractivity contribution in [3.8, 4) is 0 Å². The van der Waals surface area contributed by atoms with E-state index in [1.807, 2.05) is 21.1 Å². The molecule has 0 spiro atoms. The number of carbonyl (C=O) groups is 2. The van der Waals surface area contributed by atoms with Crippen LogP contribution in [0.15, 0.2) is 170 Å². The number of allylic oxidation sites excluding steroid dienone is 28. The van der Waals surface area contributed by atoms with Gasteiger partial charge in [-0.1, -0.05) is 184 Å². The molecule has 0 rings (SSSR count). The Kier molecular flexibility index (Phi) is 48.0. The molecule has 0 saturated carbocycles.